The Morgan fingerprint density at radius 1 is 1.39 bits per heavy atom. The van der Waals surface area contributed by atoms with Crippen molar-refractivity contribution in [1.82, 2.24) is 4.98 Å². The van der Waals surface area contributed by atoms with Crippen LogP contribution in [0, 0.1) is 5.92 Å². The quantitative estimate of drug-likeness (QED) is 0.811. The minimum Gasteiger partial charge on any atom is -0.460 e. The molecule has 0 spiro atoms. The number of hydrogen-bond acceptors (Lipinski definition) is 5. The minimum atomic E-state index is -1.05. The molecule has 2 aromatic rings. The monoisotopic (exact) mass is 359 g/mol. The van der Waals surface area contributed by atoms with Crippen LogP contribution in [0.4, 0.5) is 0 Å². The maximum absolute atomic E-state index is 11.9. The van der Waals surface area contributed by atoms with Crippen LogP contribution >= 0.6 is 23.2 Å². The zero-order valence-electron chi connectivity index (χ0n) is 13.4. The minimum absolute atomic E-state index is 0.0473. The van der Waals surface area contributed by atoms with Crippen molar-refractivity contribution in [3.63, 3.8) is 0 Å². The van der Waals surface area contributed by atoms with Crippen molar-refractivity contribution in [2.24, 2.45) is 5.92 Å². The molecule has 1 aromatic carbocycles. The lowest BCUT2D eigenvalue weighted by Crippen LogP contribution is -2.26. The van der Waals surface area contributed by atoms with E-state index in [1.165, 1.54) is 6.07 Å². The van der Waals surface area contributed by atoms with Crippen molar-refractivity contribution in [2.75, 3.05) is 0 Å². The summed E-state index contributed by atoms with van der Waals surface area (Å²) in [4.78, 5) is 16.1. The lowest BCUT2D eigenvalue weighted by Gasteiger charge is -2.22. The van der Waals surface area contributed by atoms with Gasteiger partial charge in [-0.2, -0.15) is 0 Å². The van der Waals surface area contributed by atoms with Crippen LogP contribution in [-0.4, -0.2) is 21.7 Å². The molecule has 0 amide bonds. The summed E-state index contributed by atoms with van der Waals surface area (Å²) >= 11 is 12.0. The third-order valence-corrected chi connectivity index (χ3v) is 3.63. The molecule has 1 unspecified atom stereocenters. The Labute approximate surface area is 144 Å². The van der Waals surface area contributed by atoms with Gasteiger partial charge in [0.15, 0.2) is 5.58 Å². The summed E-state index contributed by atoms with van der Waals surface area (Å²) in [6.45, 7) is 7.09. The number of rotatable bonds is 4. The Morgan fingerprint density at radius 3 is 2.65 bits per heavy atom. The largest absolute Gasteiger partial charge is 0.460 e. The topological polar surface area (TPSA) is 72.6 Å². The van der Waals surface area contributed by atoms with Gasteiger partial charge in [-0.1, -0.05) is 30.1 Å². The number of aliphatic hydroxyl groups excluding tert-OH is 1. The van der Waals surface area contributed by atoms with Gasteiger partial charge in [0.25, 0.3) is 0 Å². The molecule has 0 radical (unpaired) electrons. The highest BCUT2D eigenvalue weighted by molar-refractivity contribution is 6.37. The Hall–Kier alpha value is -1.30. The van der Waals surface area contributed by atoms with Gasteiger partial charge < -0.3 is 14.3 Å². The predicted molar refractivity (Wildman–Crippen MR) is 88.6 cm³/mol. The van der Waals surface area contributed by atoms with E-state index in [4.69, 9.17) is 32.4 Å². The molecule has 1 N–H and O–H groups in total. The van der Waals surface area contributed by atoms with Crippen LogP contribution in [0.2, 0.25) is 10.0 Å². The Balaban J connectivity index is 2.15. The maximum atomic E-state index is 11.9. The number of ether oxygens (including phenoxy) is 1. The van der Waals surface area contributed by atoms with Crippen molar-refractivity contribution in [3.05, 3.63) is 28.1 Å². The number of aliphatic hydroxyl groups is 1. The number of oxazole rings is 1. The van der Waals surface area contributed by atoms with Crippen LogP contribution in [0.1, 0.15) is 46.1 Å². The molecule has 0 aliphatic heterocycles. The van der Waals surface area contributed by atoms with E-state index in [-0.39, 0.29) is 18.3 Å². The molecule has 0 saturated carbocycles. The first-order valence-electron chi connectivity index (χ1n) is 7.22. The number of fused-ring (bicyclic) bond motifs is 1. The molecular weight excluding hydrogens is 341 g/mol. The molecule has 0 saturated heterocycles. The van der Waals surface area contributed by atoms with Crippen LogP contribution in [0.25, 0.3) is 11.1 Å². The molecule has 2 atom stereocenters. The molecule has 1 heterocycles. The lowest BCUT2D eigenvalue weighted by molar-refractivity contribution is -0.156. The molecule has 0 aliphatic carbocycles. The fourth-order valence-corrected chi connectivity index (χ4v) is 2.63. The van der Waals surface area contributed by atoms with Gasteiger partial charge in [-0.25, -0.2) is 4.98 Å². The van der Waals surface area contributed by atoms with Crippen LogP contribution in [-0.2, 0) is 9.53 Å². The second-order valence-corrected chi connectivity index (χ2v) is 7.34. The third kappa shape index (κ3) is 4.59. The molecule has 5 nitrogen and oxygen atoms in total. The molecular formula is C16H19Cl2NO4. The third-order valence-electron chi connectivity index (χ3n) is 3.13. The molecule has 0 bridgehead atoms. The Kier molecular flexibility index (Phi) is 5.23. The van der Waals surface area contributed by atoms with E-state index in [1.807, 2.05) is 0 Å². The zero-order chi connectivity index (χ0) is 17.4. The lowest BCUT2D eigenvalue weighted by atomic mass is 10.0. The number of benzene rings is 1. The molecule has 7 heteroatoms. The highest BCUT2D eigenvalue weighted by Gasteiger charge is 2.27. The normalized spacial score (nSPS) is 14.7. The molecule has 0 fully saturated rings. The van der Waals surface area contributed by atoms with E-state index < -0.39 is 17.6 Å². The molecule has 1 aromatic heterocycles. The summed E-state index contributed by atoms with van der Waals surface area (Å²) in [5.74, 6) is -0.714. The van der Waals surface area contributed by atoms with Crippen molar-refractivity contribution in [3.8, 4) is 0 Å². The molecule has 126 valence electrons. The number of carbonyl (C=O) groups excluding carboxylic acids is 1. The zero-order valence-corrected chi connectivity index (χ0v) is 14.9. The first-order chi connectivity index (χ1) is 10.6. The van der Waals surface area contributed by atoms with Gasteiger partial charge in [0.1, 0.15) is 17.2 Å². The standard InChI is InChI=1S/C16H19Cl2NO4/c1-8(5-12(20)23-16(2,3)4)13(21)15-19-11-7-9(17)6-10(18)14(11)22-15/h6-8,13,21H,5H2,1-4H3/t8-,13?/m0/s1. The number of nitrogens with zero attached hydrogens (tertiary/aromatic N) is 1. The SMILES string of the molecule is C[C@@H](CC(=O)OC(C)(C)C)C(O)c1nc2cc(Cl)cc(Cl)c2o1. The van der Waals surface area contributed by atoms with E-state index >= 15 is 0 Å². The second kappa shape index (κ2) is 6.67. The van der Waals surface area contributed by atoms with E-state index in [9.17, 15) is 9.90 Å². The second-order valence-electron chi connectivity index (χ2n) is 6.50. The highest BCUT2D eigenvalue weighted by Crippen LogP contribution is 2.32. The average molecular weight is 360 g/mol. The first-order valence-corrected chi connectivity index (χ1v) is 7.98. The van der Waals surface area contributed by atoms with Crippen LogP contribution in [0.15, 0.2) is 16.5 Å². The van der Waals surface area contributed by atoms with E-state index in [0.717, 1.165) is 0 Å². The van der Waals surface area contributed by atoms with Crippen molar-refractivity contribution in [2.45, 2.75) is 45.8 Å². The molecule has 23 heavy (non-hydrogen) atoms. The van der Waals surface area contributed by atoms with Gasteiger partial charge in [-0.15, -0.1) is 0 Å². The van der Waals surface area contributed by atoms with E-state index in [1.54, 1.807) is 33.8 Å². The van der Waals surface area contributed by atoms with Gasteiger partial charge in [0.2, 0.25) is 5.89 Å². The fourth-order valence-electron chi connectivity index (χ4n) is 2.10. The van der Waals surface area contributed by atoms with Gasteiger partial charge in [0, 0.05) is 10.9 Å². The molecule has 0 aliphatic rings. The highest BCUT2D eigenvalue weighted by atomic mass is 35.5. The van der Waals surface area contributed by atoms with Crippen molar-refractivity contribution >= 4 is 40.3 Å². The summed E-state index contributed by atoms with van der Waals surface area (Å²) in [6, 6.07) is 3.14. The maximum Gasteiger partial charge on any atom is 0.306 e. The van der Waals surface area contributed by atoms with Gasteiger partial charge >= 0.3 is 5.97 Å². The van der Waals surface area contributed by atoms with Crippen LogP contribution in [0.5, 0.6) is 0 Å². The number of halogens is 2. The Bertz CT molecular complexity index is 721. The van der Waals surface area contributed by atoms with Gasteiger partial charge in [-0.3, -0.25) is 4.79 Å². The van der Waals surface area contributed by atoms with E-state index in [0.29, 0.717) is 21.1 Å². The van der Waals surface area contributed by atoms with Crippen molar-refractivity contribution in [1.29, 1.82) is 0 Å². The summed E-state index contributed by atoms with van der Waals surface area (Å²) in [5, 5.41) is 11.1. The summed E-state index contributed by atoms with van der Waals surface area (Å²) in [5.41, 5.74) is 0.250. The first kappa shape index (κ1) is 18.0. The van der Waals surface area contributed by atoms with Crippen LogP contribution in [0.3, 0.4) is 0 Å². The van der Waals surface area contributed by atoms with Crippen LogP contribution < -0.4 is 0 Å². The Morgan fingerprint density at radius 2 is 2.04 bits per heavy atom. The smallest absolute Gasteiger partial charge is 0.306 e. The number of carbonyl (C=O) groups is 1. The fraction of sp³-hybridized carbons (Fsp3) is 0.500. The van der Waals surface area contributed by atoms with Crippen molar-refractivity contribution < 1.29 is 19.1 Å². The van der Waals surface area contributed by atoms with E-state index in [2.05, 4.69) is 4.98 Å². The van der Waals surface area contributed by atoms with Gasteiger partial charge in [-0.05, 0) is 32.9 Å². The number of esters is 1. The average Bonchev–Trinajstić information content (AvgIpc) is 2.79. The summed E-state index contributed by atoms with van der Waals surface area (Å²) in [6.07, 6.45) is -1.00. The number of hydrogen-bond donors (Lipinski definition) is 1. The number of aromatic nitrogens is 1. The summed E-state index contributed by atoms with van der Waals surface area (Å²) in [7, 11) is 0. The summed E-state index contributed by atoms with van der Waals surface area (Å²) < 4.78 is 10.8. The predicted octanol–water partition coefficient (Wildman–Crippen LogP) is 4.54. The molecule has 2 rings (SSSR count). The van der Waals surface area contributed by atoms with Gasteiger partial charge in [0.05, 0.1) is 11.4 Å².